The van der Waals surface area contributed by atoms with Crippen molar-refractivity contribution in [1.82, 2.24) is 4.57 Å². The van der Waals surface area contributed by atoms with Crippen LogP contribution < -0.4 is 0 Å². The van der Waals surface area contributed by atoms with Crippen molar-refractivity contribution in [3.05, 3.63) is 83.4 Å². The first-order valence-electron chi connectivity index (χ1n) is 11.6. The number of aliphatic imine (C=N–C) groups is 1. The quantitative estimate of drug-likeness (QED) is 0.188. The summed E-state index contributed by atoms with van der Waals surface area (Å²) in [6.45, 7) is 3.75. The SMILES string of the molecule is CN=C(COC(C)=O)c1ccc2c(c1)c1cc(C(=O)c3ccccc3)ccc1n2CCCC(C)=O. The molecule has 0 amide bonds. The molecule has 0 spiro atoms. The molecule has 6 heteroatoms. The second-order valence-corrected chi connectivity index (χ2v) is 8.57. The van der Waals surface area contributed by atoms with Crippen molar-refractivity contribution in [1.29, 1.82) is 0 Å². The Morgan fingerprint density at radius 2 is 1.46 bits per heavy atom. The fraction of sp³-hybridized carbons (Fsp3) is 0.241. The van der Waals surface area contributed by atoms with Gasteiger partial charge in [0, 0.05) is 59.9 Å². The van der Waals surface area contributed by atoms with Gasteiger partial charge in [0.05, 0.1) is 5.71 Å². The van der Waals surface area contributed by atoms with Gasteiger partial charge in [0.1, 0.15) is 12.4 Å². The van der Waals surface area contributed by atoms with Gasteiger partial charge >= 0.3 is 5.97 Å². The van der Waals surface area contributed by atoms with Crippen LogP contribution in [-0.4, -0.2) is 41.5 Å². The molecule has 0 aliphatic heterocycles. The lowest BCUT2D eigenvalue weighted by molar-refractivity contribution is -0.139. The predicted molar refractivity (Wildman–Crippen MR) is 138 cm³/mol. The summed E-state index contributed by atoms with van der Waals surface area (Å²) in [7, 11) is 1.67. The molecule has 0 aliphatic rings. The molecule has 0 radical (unpaired) electrons. The Balaban J connectivity index is 1.84. The molecule has 0 N–H and O–H groups in total. The van der Waals surface area contributed by atoms with Crippen LogP contribution in [0.4, 0.5) is 0 Å². The highest BCUT2D eigenvalue weighted by molar-refractivity contribution is 6.16. The molecular weight excluding hydrogens is 440 g/mol. The van der Waals surface area contributed by atoms with Crippen molar-refractivity contribution in [3.63, 3.8) is 0 Å². The number of hydrogen-bond donors (Lipinski definition) is 0. The lowest BCUT2D eigenvalue weighted by Gasteiger charge is -2.09. The van der Waals surface area contributed by atoms with Crippen LogP contribution in [0.3, 0.4) is 0 Å². The predicted octanol–water partition coefficient (Wildman–Crippen LogP) is 5.38. The number of nitrogens with zero attached hydrogens (tertiary/aromatic N) is 2. The van der Waals surface area contributed by atoms with E-state index in [0.29, 0.717) is 29.8 Å². The van der Waals surface area contributed by atoms with E-state index in [4.69, 9.17) is 4.74 Å². The zero-order valence-corrected chi connectivity index (χ0v) is 20.2. The molecule has 3 aromatic carbocycles. The minimum absolute atomic E-state index is 0.0354. The standard InChI is InChI=1S/C29H28N2O4/c1-19(32)8-7-15-31-27-13-11-22(26(30-3)18-35-20(2)33)16-24(27)25-17-23(12-14-28(25)31)29(34)21-9-5-4-6-10-21/h4-6,9-14,16-17H,7-8,15,18H2,1-3H3. The number of Topliss-reactive ketones (excluding diaryl/α,β-unsaturated/α-hetero) is 1. The number of esters is 1. The second-order valence-electron chi connectivity index (χ2n) is 8.57. The molecule has 0 saturated heterocycles. The molecule has 1 aromatic heterocycles. The number of rotatable bonds is 9. The van der Waals surface area contributed by atoms with Crippen molar-refractivity contribution in [2.24, 2.45) is 4.99 Å². The molecule has 4 aromatic rings. The fourth-order valence-electron chi connectivity index (χ4n) is 4.35. The first kappa shape index (κ1) is 24.1. The van der Waals surface area contributed by atoms with E-state index >= 15 is 0 Å². The largest absolute Gasteiger partial charge is 0.459 e. The molecule has 0 bridgehead atoms. The Labute approximate surface area is 204 Å². The Kier molecular flexibility index (Phi) is 7.20. The van der Waals surface area contributed by atoms with Crippen molar-refractivity contribution >= 4 is 45.1 Å². The summed E-state index contributed by atoms with van der Waals surface area (Å²) in [5.41, 5.74) is 4.78. The lowest BCUT2D eigenvalue weighted by atomic mass is 10.0. The smallest absolute Gasteiger partial charge is 0.303 e. The highest BCUT2D eigenvalue weighted by Gasteiger charge is 2.16. The molecular formula is C29H28N2O4. The monoisotopic (exact) mass is 468 g/mol. The normalized spacial score (nSPS) is 11.7. The van der Waals surface area contributed by atoms with E-state index in [9.17, 15) is 14.4 Å². The van der Waals surface area contributed by atoms with Gasteiger partial charge in [0.2, 0.25) is 0 Å². The number of ketones is 2. The average Bonchev–Trinajstić information content (AvgIpc) is 3.16. The number of carbonyl (C=O) groups is 3. The fourth-order valence-corrected chi connectivity index (χ4v) is 4.35. The summed E-state index contributed by atoms with van der Waals surface area (Å²) in [6.07, 6.45) is 1.24. The van der Waals surface area contributed by atoms with Crippen molar-refractivity contribution in [2.75, 3.05) is 13.7 Å². The zero-order chi connectivity index (χ0) is 24.9. The van der Waals surface area contributed by atoms with Crippen molar-refractivity contribution in [2.45, 2.75) is 33.2 Å². The Morgan fingerprint density at radius 1 is 0.829 bits per heavy atom. The van der Waals surface area contributed by atoms with E-state index in [1.165, 1.54) is 6.92 Å². The van der Waals surface area contributed by atoms with Gasteiger partial charge in [-0.2, -0.15) is 0 Å². The van der Waals surface area contributed by atoms with E-state index in [0.717, 1.165) is 33.8 Å². The van der Waals surface area contributed by atoms with Crippen LogP contribution in [0, 0.1) is 0 Å². The Morgan fingerprint density at radius 3 is 2.06 bits per heavy atom. The van der Waals surface area contributed by atoms with Gasteiger partial charge in [-0.1, -0.05) is 36.4 Å². The number of aryl methyl sites for hydroxylation is 1. The highest BCUT2D eigenvalue weighted by Crippen LogP contribution is 2.32. The summed E-state index contributed by atoms with van der Waals surface area (Å²) < 4.78 is 7.38. The maximum absolute atomic E-state index is 13.1. The van der Waals surface area contributed by atoms with E-state index in [-0.39, 0.29) is 24.1 Å². The average molecular weight is 469 g/mol. The van der Waals surface area contributed by atoms with E-state index in [2.05, 4.69) is 9.56 Å². The Bertz CT molecular complexity index is 1450. The van der Waals surface area contributed by atoms with Crippen LogP contribution in [0.15, 0.2) is 71.7 Å². The van der Waals surface area contributed by atoms with Gasteiger partial charge in [0.25, 0.3) is 0 Å². The van der Waals surface area contributed by atoms with Crippen LogP contribution in [-0.2, 0) is 20.9 Å². The maximum Gasteiger partial charge on any atom is 0.303 e. The minimum atomic E-state index is -0.363. The molecule has 0 fully saturated rings. The maximum atomic E-state index is 13.1. The summed E-state index contributed by atoms with van der Waals surface area (Å²) in [6, 6.07) is 21.0. The summed E-state index contributed by atoms with van der Waals surface area (Å²) >= 11 is 0. The molecule has 1 heterocycles. The first-order valence-corrected chi connectivity index (χ1v) is 11.6. The molecule has 0 aliphatic carbocycles. The summed E-state index contributed by atoms with van der Waals surface area (Å²) in [4.78, 5) is 40.3. The van der Waals surface area contributed by atoms with Crippen molar-refractivity contribution in [3.8, 4) is 0 Å². The van der Waals surface area contributed by atoms with E-state index < -0.39 is 0 Å². The molecule has 4 rings (SSSR count). The summed E-state index contributed by atoms with van der Waals surface area (Å²) in [5, 5.41) is 1.93. The molecule has 6 nitrogen and oxygen atoms in total. The number of ether oxygens (including phenoxy) is 1. The summed E-state index contributed by atoms with van der Waals surface area (Å²) in [5.74, 6) is -0.233. The number of fused-ring (bicyclic) bond motifs is 3. The number of aromatic nitrogens is 1. The van der Waals surface area contributed by atoms with Crippen LogP contribution in [0.2, 0.25) is 0 Å². The van der Waals surface area contributed by atoms with Crippen LogP contribution in [0.25, 0.3) is 21.8 Å². The van der Waals surface area contributed by atoms with Gasteiger partial charge in [-0.25, -0.2) is 0 Å². The third kappa shape index (κ3) is 5.22. The number of carbonyl (C=O) groups excluding carboxylic acids is 3. The van der Waals surface area contributed by atoms with Crippen LogP contribution in [0.5, 0.6) is 0 Å². The van der Waals surface area contributed by atoms with Gasteiger partial charge in [-0.05, 0) is 49.2 Å². The third-order valence-corrected chi connectivity index (χ3v) is 6.09. The van der Waals surface area contributed by atoms with E-state index in [1.54, 1.807) is 14.0 Å². The third-order valence-electron chi connectivity index (χ3n) is 6.09. The van der Waals surface area contributed by atoms with Crippen LogP contribution in [0.1, 0.15) is 48.2 Å². The highest BCUT2D eigenvalue weighted by atomic mass is 16.5. The molecule has 0 saturated carbocycles. The molecule has 0 atom stereocenters. The lowest BCUT2D eigenvalue weighted by Crippen LogP contribution is -2.13. The minimum Gasteiger partial charge on any atom is -0.459 e. The topological polar surface area (TPSA) is 77.7 Å². The first-order chi connectivity index (χ1) is 16.9. The van der Waals surface area contributed by atoms with Gasteiger partial charge in [-0.15, -0.1) is 0 Å². The van der Waals surface area contributed by atoms with Gasteiger partial charge < -0.3 is 14.1 Å². The zero-order valence-electron chi connectivity index (χ0n) is 20.2. The number of benzene rings is 3. The second kappa shape index (κ2) is 10.5. The van der Waals surface area contributed by atoms with Crippen molar-refractivity contribution < 1.29 is 19.1 Å². The Hall–Kier alpha value is -4.06. The van der Waals surface area contributed by atoms with E-state index in [1.807, 2.05) is 66.7 Å². The molecule has 0 unspecified atom stereocenters. The van der Waals surface area contributed by atoms with Crippen LogP contribution >= 0.6 is 0 Å². The van der Waals surface area contributed by atoms with Gasteiger partial charge in [-0.3, -0.25) is 14.6 Å². The molecule has 35 heavy (non-hydrogen) atoms. The molecule has 178 valence electrons. The van der Waals surface area contributed by atoms with Gasteiger partial charge in [0.15, 0.2) is 5.78 Å². The number of hydrogen-bond acceptors (Lipinski definition) is 5.